The second kappa shape index (κ2) is 6.12. The van der Waals surface area contributed by atoms with E-state index in [9.17, 15) is 0 Å². The third-order valence-electron chi connectivity index (χ3n) is 3.43. The van der Waals surface area contributed by atoms with Crippen molar-refractivity contribution in [3.63, 3.8) is 0 Å². The van der Waals surface area contributed by atoms with Gasteiger partial charge in [-0.1, -0.05) is 23.3 Å². The van der Waals surface area contributed by atoms with E-state index in [1.165, 1.54) is 37.8 Å². The van der Waals surface area contributed by atoms with E-state index in [0.29, 0.717) is 0 Å². The number of hydrogen-bond acceptors (Lipinski definition) is 0. The van der Waals surface area contributed by atoms with E-state index >= 15 is 0 Å². The Balaban J connectivity index is 2.29. The van der Waals surface area contributed by atoms with Gasteiger partial charge in [-0.05, 0) is 27.2 Å². The SMILES string of the molecule is CC(C)=CCC[NH+](C)[C@H]1CC=C(C)CC1. The quantitative estimate of drug-likeness (QED) is 0.677. The van der Waals surface area contributed by atoms with Gasteiger partial charge in [0.15, 0.2) is 0 Å². The molecule has 2 atom stereocenters. The van der Waals surface area contributed by atoms with Crippen LogP contribution in [0.3, 0.4) is 0 Å². The number of quaternary nitrogens is 1. The molecule has 15 heavy (non-hydrogen) atoms. The topological polar surface area (TPSA) is 4.44 Å². The predicted molar refractivity (Wildman–Crippen MR) is 67.2 cm³/mol. The first-order chi connectivity index (χ1) is 7.09. The van der Waals surface area contributed by atoms with Crippen LogP contribution in [0.1, 0.15) is 46.5 Å². The smallest absolute Gasteiger partial charge is 0.0910 e. The van der Waals surface area contributed by atoms with Crippen molar-refractivity contribution in [2.24, 2.45) is 0 Å². The molecule has 1 aliphatic carbocycles. The van der Waals surface area contributed by atoms with Crippen molar-refractivity contribution in [2.75, 3.05) is 13.6 Å². The largest absolute Gasteiger partial charge is 0.334 e. The average molecular weight is 208 g/mol. The van der Waals surface area contributed by atoms with Gasteiger partial charge in [0.25, 0.3) is 0 Å². The molecule has 1 unspecified atom stereocenters. The van der Waals surface area contributed by atoms with Crippen LogP contribution in [0.4, 0.5) is 0 Å². The molecular formula is C14H26N+. The summed E-state index contributed by atoms with van der Waals surface area (Å²) in [6.45, 7) is 7.90. The summed E-state index contributed by atoms with van der Waals surface area (Å²) in [5, 5.41) is 0. The molecule has 1 N–H and O–H groups in total. The molecule has 0 heterocycles. The van der Waals surface area contributed by atoms with Gasteiger partial charge in [0, 0.05) is 19.3 Å². The molecule has 86 valence electrons. The lowest BCUT2D eigenvalue weighted by Crippen LogP contribution is -3.13. The fraction of sp³-hybridized carbons (Fsp3) is 0.714. The minimum absolute atomic E-state index is 0.860. The molecule has 0 aromatic heterocycles. The lowest BCUT2D eigenvalue weighted by atomic mass is 9.95. The molecule has 0 saturated heterocycles. The molecule has 1 aliphatic rings. The molecule has 0 saturated carbocycles. The van der Waals surface area contributed by atoms with Gasteiger partial charge in [-0.15, -0.1) is 0 Å². The van der Waals surface area contributed by atoms with Crippen molar-refractivity contribution < 1.29 is 4.90 Å². The molecule has 0 aromatic carbocycles. The highest BCUT2D eigenvalue weighted by molar-refractivity contribution is 5.03. The van der Waals surface area contributed by atoms with Gasteiger partial charge in [-0.25, -0.2) is 0 Å². The van der Waals surface area contributed by atoms with E-state index < -0.39 is 0 Å². The highest BCUT2D eigenvalue weighted by Gasteiger charge is 2.19. The molecule has 1 rings (SSSR count). The van der Waals surface area contributed by atoms with Crippen molar-refractivity contribution in [3.05, 3.63) is 23.3 Å². The lowest BCUT2D eigenvalue weighted by molar-refractivity contribution is -0.905. The minimum atomic E-state index is 0.860. The predicted octanol–water partition coefficient (Wildman–Crippen LogP) is 2.36. The van der Waals surface area contributed by atoms with Gasteiger partial charge in [-0.2, -0.15) is 0 Å². The first-order valence-corrected chi connectivity index (χ1v) is 6.21. The first kappa shape index (κ1) is 12.5. The van der Waals surface area contributed by atoms with Gasteiger partial charge >= 0.3 is 0 Å². The fourth-order valence-electron chi connectivity index (χ4n) is 2.21. The second-order valence-corrected chi connectivity index (χ2v) is 5.19. The Morgan fingerprint density at radius 2 is 2.27 bits per heavy atom. The molecule has 0 fully saturated rings. The van der Waals surface area contributed by atoms with Gasteiger partial charge in [-0.3, -0.25) is 0 Å². The Bertz CT molecular complexity index is 246. The lowest BCUT2D eigenvalue weighted by Gasteiger charge is -2.27. The van der Waals surface area contributed by atoms with E-state index in [-0.39, 0.29) is 0 Å². The van der Waals surface area contributed by atoms with E-state index in [2.05, 4.69) is 40.0 Å². The van der Waals surface area contributed by atoms with Crippen LogP contribution >= 0.6 is 0 Å². The number of nitrogens with one attached hydrogen (secondary N) is 1. The highest BCUT2D eigenvalue weighted by Crippen LogP contribution is 2.15. The van der Waals surface area contributed by atoms with Crippen LogP contribution in [0.15, 0.2) is 23.3 Å². The minimum Gasteiger partial charge on any atom is -0.334 e. The normalized spacial score (nSPS) is 23.2. The molecule has 1 nitrogen and oxygen atoms in total. The van der Waals surface area contributed by atoms with E-state index in [0.717, 1.165) is 6.04 Å². The van der Waals surface area contributed by atoms with Crippen molar-refractivity contribution >= 4 is 0 Å². The second-order valence-electron chi connectivity index (χ2n) is 5.19. The zero-order valence-corrected chi connectivity index (χ0v) is 10.8. The molecule has 0 bridgehead atoms. The van der Waals surface area contributed by atoms with Crippen molar-refractivity contribution in [2.45, 2.75) is 52.5 Å². The molecule has 0 spiro atoms. The monoisotopic (exact) mass is 208 g/mol. The van der Waals surface area contributed by atoms with Crippen LogP contribution in [-0.2, 0) is 0 Å². The van der Waals surface area contributed by atoms with Crippen LogP contribution < -0.4 is 4.90 Å². The maximum atomic E-state index is 2.43. The molecule has 1 heteroatoms. The standard InChI is InChI=1S/C14H25N/c1-12(2)6-5-11-15(4)14-9-7-13(3)8-10-14/h6-7,14H,5,8-11H2,1-4H3/p+1/t14-/m0/s1. The number of allylic oxidation sites excluding steroid dienone is 2. The highest BCUT2D eigenvalue weighted by atomic mass is 15.1. The maximum absolute atomic E-state index is 2.43. The van der Waals surface area contributed by atoms with Crippen molar-refractivity contribution in [1.82, 2.24) is 0 Å². The maximum Gasteiger partial charge on any atom is 0.0910 e. The van der Waals surface area contributed by atoms with Crippen LogP contribution in [0.2, 0.25) is 0 Å². The summed E-state index contributed by atoms with van der Waals surface area (Å²) in [5.41, 5.74) is 3.03. The Labute approximate surface area is 94.9 Å². The Kier molecular flexibility index (Phi) is 5.10. The third kappa shape index (κ3) is 4.65. The van der Waals surface area contributed by atoms with Crippen LogP contribution in [0.5, 0.6) is 0 Å². The summed E-state index contributed by atoms with van der Waals surface area (Å²) >= 11 is 0. The summed E-state index contributed by atoms with van der Waals surface area (Å²) in [6.07, 6.45) is 9.99. The zero-order valence-electron chi connectivity index (χ0n) is 10.8. The van der Waals surface area contributed by atoms with E-state index in [1.54, 1.807) is 10.5 Å². The summed E-state index contributed by atoms with van der Waals surface area (Å²) in [7, 11) is 2.35. The number of hydrogen-bond donors (Lipinski definition) is 1. The average Bonchev–Trinajstić information content (AvgIpc) is 2.18. The number of rotatable bonds is 4. The summed E-state index contributed by atoms with van der Waals surface area (Å²) in [4.78, 5) is 1.70. The van der Waals surface area contributed by atoms with Gasteiger partial charge in [0.1, 0.15) is 0 Å². The third-order valence-corrected chi connectivity index (χ3v) is 3.43. The van der Waals surface area contributed by atoms with Crippen molar-refractivity contribution in [3.8, 4) is 0 Å². The Morgan fingerprint density at radius 3 is 2.80 bits per heavy atom. The zero-order chi connectivity index (χ0) is 11.3. The van der Waals surface area contributed by atoms with Crippen LogP contribution in [-0.4, -0.2) is 19.6 Å². The van der Waals surface area contributed by atoms with Crippen LogP contribution in [0.25, 0.3) is 0 Å². The first-order valence-electron chi connectivity index (χ1n) is 6.21. The Morgan fingerprint density at radius 1 is 1.53 bits per heavy atom. The van der Waals surface area contributed by atoms with Gasteiger partial charge in [0.05, 0.1) is 19.6 Å². The van der Waals surface area contributed by atoms with Crippen molar-refractivity contribution in [1.29, 1.82) is 0 Å². The summed E-state index contributed by atoms with van der Waals surface area (Å²) in [6, 6.07) is 0.860. The van der Waals surface area contributed by atoms with Crippen LogP contribution in [0, 0.1) is 0 Å². The molecular weight excluding hydrogens is 182 g/mol. The van der Waals surface area contributed by atoms with E-state index in [4.69, 9.17) is 0 Å². The molecule has 0 amide bonds. The molecule has 0 radical (unpaired) electrons. The van der Waals surface area contributed by atoms with Gasteiger partial charge < -0.3 is 4.90 Å². The molecule has 0 aliphatic heterocycles. The molecule has 0 aromatic rings. The Hall–Kier alpha value is -0.560. The van der Waals surface area contributed by atoms with E-state index in [1.807, 2.05) is 0 Å². The van der Waals surface area contributed by atoms with Gasteiger partial charge in [0.2, 0.25) is 0 Å². The fourth-order valence-corrected chi connectivity index (χ4v) is 2.21. The summed E-state index contributed by atoms with van der Waals surface area (Å²) in [5.74, 6) is 0. The summed E-state index contributed by atoms with van der Waals surface area (Å²) < 4.78 is 0.